The van der Waals surface area contributed by atoms with E-state index in [1.165, 1.54) is 23.1 Å². The molecule has 1 atom stereocenters. The second-order valence-corrected chi connectivity index (χ2v) is 6.60. The van der Waals surface area contributed by atoms with Crippen LogP contribution in [0.5, 0.6) is 5.75 Å². The maximum absolute atomic E-state index is 13.5. The maximum atomic E-state index is 13.5. The third-order valence-corrected chi connectivity index (χ3v) is 4.56. The minimum Gasteiger partial charge on any atom is -0.487 e. The monoisotopic (exact) mass is 368 g/mol. The molecule has 6 nitrogen and oxygen atoms in total. The number of hydrogen-bond acceptors (Lipinski definition) is 4. The number of rotatable bonds is 2. The lowest BCUT2D eigenvalue weighted by Crippen LogP contribution is -2.61. The van der Waals surface area contributed by atoms with E-state index in [0.717, 1.165) is 4.90 Å². The van der Waals surface area contributed by atoms with Gasteiger partial charge < -0.3 is 19.0 Å². The molecule has 1 aromatic heterocycles. The molecule has 0 aliphatic carbocycles. The number of ether oxygens (including phenoxy) is 1. The molecule has 1 fully saturated rings. The highest BCUT2D eigenvalue weighted by molar-refractivity contribution is 6.03. The maximum Gasteiger partial charge on any atom is 0.294 e. The summed E-state index contributed by atoms with van der Waals surface area (Å²) in [7, 11) is 0. The predicted octanol–water partition coefficient (Wildman–Crippen LogP) is 2.27. The van der Waals surface area contributed by atoms with Crippen molar-refractivity contribution in [3.63, 3.8) is 0 Å². The summed E-state index contributed by atoms with van der Waals surface area (Å²) in [5.41, 5.74) is 0.285. The van der Waals surface area contributed by atoms with E-state index in [9.17, 15) is 22.8 Å². The van der Waals surface area contributed by atoms with Crippen LogP contribution in [-0.2, 0) is 4.79 Å². The number of benzene rings is 1. The van der Waals surface area contributed by atoms with Crippen LogP contribution in [0.25, 0.3) is 11.0 Å². The number of alkyl halides is 2. The molecule has 0 bridgehead atoms. The van der Waals surface area contributed by atoms with Gasteiger partial charge in [0.25, 0.3) is 11.8 Å². The van der Waals surface area contributed by atoms with Gasteiger partial charge in [0.2, 0.25) is 11.7 Å². The highest BCUT2D eigenvalue weighted by Crippen LogP contribution is 2.36. The Balaban J connectivity index is 1.62. The first-order valence-electron chi connectivity index (χ1n) is 8.06. The zero-order valence-electron chi connectivity index (χ0n) is 13.8. The van der Waals surface area contributed by atoms with Gasteiger partial charge >= 0.3 is 0 Å². The first-order chi connectivity index (χ1) is 12.2. The minimum absolute atomic E-state index is 0.0628. The second kappa shape index (κ2) is 5.65. The lowest BCUT2D eigenvalue weighted by Gasteiger charge is -2.40. The summed E-state index contributed by atoms with van der Waals surface area (Å²) < 4.78 is 50.5. The Kier molecular flexibility index (Phi) is 3.64. The van der Waals surface area contributed by atoms with Crippen molar-refractivity contribution in [3.8, 4) is 5.75 Å². The molecule has 1 saturated heterocycles. The van der Waals surface area contributed by atoms with Crippen molar-refractivity contribution in [2.45, 2.75) is 18.9 Å². The molecule has 26 heavy (non-hydrogen) atoms. The zero-order chi connectivity index (χ0) is 18.6. The van der Waals surface area contributed by atoms with Crippen molar-refractivity contribution in [1.29, 1.82) is 0 Å². The molecule has 3 heterocycles. The van der Waals surface area contributed by atoms with Crippen LogP contribution >= 0.6 is 0 Å². The number of likely N-dealkylation sites (tertiary alicyclic amines) is 1. The summed E-state index contributed by atoms with van der Waals surface area (Å²) in [5, 5.41) is 0.330. The van der Waals surface area contributed by atoms with Crippen molar-refractivity contribution in [2.24, 2.45) is 0 Å². The van der Waals surface area contributed by atoms with Gasteiger partial charge in [-0.3, -0.25) is 9.59 Å². The topological polar surface area (TPSA) is 63.0 Å². The summed E-state index contributed by atoms with van der Waals surface area (Å²) in [5.74, 6) is -4.54. The number of halogens is 3. The summed E-state index contributed by atoms with van der Waals surface area (Å²) in [4.78, 5) is 27.3. The van der Waals surface area contributed by atoms with Gasteiger partial charge in [-0.05, 0) is 25.1 Å². The Bertz CT molecular complexity index is 903. The molecular formula is C17H15F3N2O4. The molecular weight excluding hydrogens is 353 g/mol. The van der Waals surface area contributed by atoms with E-state index in [2.05, 4.69) is 0 Å². The summed E-state index contributed by atoms with van der Waals surface area (Å²) >= 11 is 0. The molecule has 0 radical (unpaired) electrons. The van der Waals surface area contributed by atoms with Crippen LogP contribution in [0, 0.1) is 5.82 Å². The van der Waals surface area contributed by atoms with Crippen LogP contribution in [0.1, 0.15) is 17.5 Å². The molecule has 0 N–H and O–H groups in total. The van der Waals surface area contributed by atoms with Gasteiger partial charge in [-0.15, -0.1) is 0 Å². The van der Waals surface area contributed by atoms with Crippen LogP contribution in [0.2, 0.25) is 0 Å². The fraction of sp³-hybridized carbons (Fsp3) is 0.412. The lowest BCUT2D eigenvalue weighted by molar-refractivity contribution is -0.166. The van der Waals surface area contributed by atoms with Crippen LogP contribution in [-0.4, -0.2) is 59.8 Å². The van der Waals surface area contributed by atoms with Crippen molar-refractivity contribution in [1.82, 2.24) is 9.80 Å². The first kappa shape index (κ1) is 16.7. The predicted molar refractivity (Wildman–Crippen MR) is 83.7 cm³/mol. The fourth-order valence-corrected chi connectivity index (χ4v) is 3.12. The van der Waals surface area contributed by atoms with Gasteiger partial charge in [0.05, 0.1) is 24.5 Å². The highest BCUT2D eigenvalue weighted by Gasteiger charge is 2.47. The summed E-state index contributed by atoms with van der Waals surface area (Å²) in [6, 6.07) is 3.30. The van der Waals surface area contributed by atoms with E-state index < -0.39 is 42.7 Å². The average molecular weight is 368 g/mol. The van der Waals surface area contributed by atoms with Crippen LogP contribution in [0.15, 0.2) is 22.6 Å². The quantitative estimate of drug-likeness (QED) is 0.816. The van der Waals surface area contributed by atoms with Gasteiger partial charge in [-0.2, -0.15) is 0 Å². The smallest absolute Gasteiger partial charge is 0.294 e. The SMILES string of the molecule is C[C@@H]1COc2c(oc3ccc(F)cc23)C(=O)N1CC(=O)N1CC(F)(F)C1. The number of fused-ring (bicyclic) bond motifs is 3. The molecule has 1 aromatic carbocycles. The number of furan rings is 1. The van der Waals surface area contributed by atoms with Gasteiger partial charge in [-0.25, -0.2) is 13.2 Å². The number of amides is 2. The van der Waals surface area contributed by atoms with E-state index in [-0.39, 0.29) is 30.2 Å². The number of carbonyl (C=O) groups excluding carboxylic acids is 2. The summed E-state index contributed by atoms with van der Waals surface area (Å²) in [6.07, 6.45) is 0. The van der Waals surface area contributed by atoms with E-state index in [1.54, 1.807) is 6.92 Å². The van der Waals surface area contributed by atoms with Crippen LogP contribution in [0.3, 0.4) is 0 Å². The number of carbonyl (C=O) groups is 2. The molecule has 9 heteroatoms. The molecule has 2 aromatic rings. The fourth-order valence-electron chi connectivity index (χ4n) is 3.12. The molecule has 2 aliphatic heterocycles. The second-order valence-electron chi connectivity index (χ2n) is 6.60. The molecule has 2 aliphatic rings. The van der Waals surface area contributed by atoms with Crippen molar-refractivity contribution in [2.75, 3.05) is 26.2 Å². The summed E-state index contributed by atoms with van der Waals surface area (Å²) in [6.45, 7) is 0.0873. The van der Waals surface area contributed by atoms with Crippen LogP contribution in [0.4, 0.5) is 13.2 Å². The Labute approximate surface area is 146 Å². The molecule has 138 valence electrons. The lowest BCUT2D eigenvalue weighted by atomic mass is 10.1. The Hall–Kier alpha value is -2.71. The van der Waals surface area contributed by atoms with Gasteiger partial charge in [-0.1, -0.05) is 0 Å². The minimum atomic E-state index is -2.87. The Morgan fingerprint density at radius 1 is 1.35 bits per heavy atom. The van der Waals surface area contributed by atoms with E-state index in [0.29, 0.717) is 5.39 Å². The standard InChI is InChI=1S/C17H15F3N2O4/c1-9-6-25-14-11-4-10(18)2-3-12(11)26-15(14)16(24)22(9)5-13(23)21-7-17(19,20)8-21/h2-4,9H,5-8H2,1H3/t9-/m1/s1. The Morgan fingerprint density at radius 3 is 2.77 bits per heavy atom. The molecule has 4 rings (SSSR count). The number of hydrogen-bond donors (Lipinski definition) is 0. The normalized spacial score (nSPS) is 21.8. The molecule has 2 amide bonds. The molecule has 0 spiro atoms. The number of nitrogens with zero attached hydrogens (tertiary/aromatic N) is 2. The molecule has 0 saturated carbocycles. The zero-order valence-corrected chi connectivity index (χ0v) is 13.8. The largest absolute Gasteiger partial charge is 0.487 e. The van der Waals surface area contributed by atoms with E-state index in [1.807, 2.05) is 0 Å². The van der Waals surface area contributed by atoms with Crippen molar-refractivity contribution in [3.05, 3.63) is 29.8 Å². The van der Waals surface area contributed by atoms with Gasteiger partial charge in [0.15, 0.2) is 5.75 Å². The van der Waals surface area contributed by atoms with Crippen LogP contribution < -0.4 is 4.74 Å². The van der Waals surface area contributed by atoms with E-state index in [4.69, 9.17) is 9.15 Å². The highest BCUT2D eigenvalue weighted by atomic mass is 19.3. The van der Waals surface area contributed by atoms with Crippen molar-refractivity contribution < 1.29 is 31.9 Å². The average Bonchev–Trinajstić information content (AvgIpc) is 2.87. The van der Waals surface area contributed by atoms with E-state index >= 15 is 0 Å². The van der Waals surface area contributed by atoms with Crippen molar-refractivity contribution >= 4 is 22.8 Å². The molecule has 0 unspecified atom stereocenters. The van der Waals surface area contributed by atoms with Gasteiger partial charge in [0, 0.05) is 0 Å². The third-order valence-electron chi connectivity index (χ3n) is 4.56. The van der Waals surface area contributed by atoms with Gasteiger partial charge in [0.1, 0.15) is 24.6 Å². The Morgan fingerprint density at radius 2 is 2.08 bits per heavy atom. The first-order valence-corrected chi connectivity index (χ1v) is 8.06. The third kappa shape index (κ3) is 2.67.